The Morgan fingerprint density at radius 3 is 2.95 bits per heavy atom. The van der Waals surface area contributed by atoms with Gasteiger partial charge in [0.15, 0.2) is 0 Å². The first-order valence-electron chi connectivity index (χ1n) is 6.70. The van der Waals surface area contributed by atoms with Crippen molar-refractivity contribution in [3.63, 3.8) is 0 Å². The van der Waals surface area contributed by atoms with Crippen LogP contribution >= 0.6 is 0 Å². The van der Waals surface area contributed by atoms with E-state index in [9.17, 15) is 9.59 Å². The average Bonchev–Trinajstić information content (AvgIpc) is 2.65. The second-order valence-corrected chi connectivity index (χ2v) is 4.58. The third-order valence-electron chi connectivity index (χ3n) is 3.16. The van der Waals surface area contributed by atoms with Gasteiger partial charge in [-0.25, -0.2) is 0 Å². The SMILES string of the molecule is CCOc1ccc(C(=O)N2CCNC(=O)CC2)cc1N. The fourth-order valence-corrected chi connectivity index (χ4v) is 2.12. The highest BCUT2D eigenvalue weighted by Gasteiger charge is 2.20. The molecule has 0 bridgehead atoms. The molecule has 1 aliphatic heterocycles. The van der Waals surface area contributed by atoms with Crippen molar-refractivity contribution in [1.82, 2.24) is 10.2 Å². The minimum absolute atomic E-state index is 0.0218. The van der Waals surface area contributed by atoms with Gasteiger partial charge in [0.1, 0.15) is 5.75 Å². The van der Waals surface area contributed by atoms with Gasteiger partial charge < -0.3 is 20.7 Å². The summed E-state index contributed by atoms with van der Waals surface area (Å²) in [4.78, 5) is 25.3. The Morgan fingerprint density at radius 1 is 1.45 bits per heavy atom. The number of anilines is 1. The minimum Gasteiger partial charge on any atom is -0.492 e. The van der Waals surface area contributed by atoms with Crippen molar-refractivity contribution in [2.75, 3.05) is 32.0 Å². The minimum atomic E-state index is -0.115. The van der Waals surface area contributed by atoms with Gasteiger partial charge in [0.25, 0.3) is 5.91 Å². The molecule has 3 N–H and O–H groups in total. The van der Waals surface area contributed by atoms with E-state index in [1.54, 1.807) is 23.1 Å². The predicted molar refractivity (Wildman–Crippen MR) is 75.6 cm³/mol. The first-order chi connectivity index (χ1) is 9.61. The Balaban J connectivity index is 2.12. The van der Waals surface area contributed by atoms with E-state index < -0.39 is 0 Å². The molecule has 1 heterocycles. The number of nitrogens with two attached hydrogens (primary N) is 1. The van der Waals surface area contributed by atoms with E-state index in [-0.39, 0.29) is 11.8 Å². The molecule has 0 unspecified atom stereocenters. The lowest BCUT2D eigenvalue weighted by molar-refractivity contribution is -0.120. The summed E-state index contributed by atoms with van der Waals surface area (Å²) in [5.74, 6) is 0.444. The number of nitrogen functional groups attached to an aromatic ring is 1. The monoisotopic (exact) mass is 277 g/mol. The van der Waals surface area contributed by atoms with Crippen molar-refractivity contribution >= 4 is 17.5 Å². The number of nitrogens with zero attached hydrogens (tertiary/aromatic N) is 1. The molecule has 0 radical (unpaired) electrons. The Kier molecular flexibility index (Phi) is 4.45. The molecule has 0 atom stereocenters. The zero-order valence-electron chi connectivity index (χ0n) is 11.5. The number of hydrogen-bond donors (Lipinski definition) is 2. The largest absolute Gasteiger partial charge is 0.492 e. The van der Waals surface area contributed by atoms with Gasteiger partial charge in [-0.05, 0) is 25.1 Å². The summed E-state index contributed by atoms with van der Waals surface area (Å²) in [5.41, 5.74) is 6.83. The Labute approximate surface area is 117 Å². The molecule has 108 valence electrons. The van der Waals surface area contributed by atoms with Crippen molar-refractivity contribution < 1.29 is 14.3 Å². The first kappa shape index (κ1) is 14.2. The van der Waals surface area contributed by atoms with Crippen LogP contribution in [0, 0.1) is 0 Å². The van der Waals surface area contributed by atoms with Gasteiger partial charge in [-0.15, -0.1) is 0 Å². The molecular weight excluding hydrogens is 258 g/mol. The van der Waals surface area contributed by atoms with E-state index in [1.807, 2.05) is 6.92 Å². The lowest BCUT2D eigenvalue weighted by atomic mass is 10.1. The van der Waals surface area contributed by atoms with Crippen LogP contribution < -0.4 is 15.8 Å². The van der Waals surface area contributed by atoms with Gasteiger partial charge in [0.2, 0.25) is 5.91 Å². The highest BCUT2D eigenvalue weighted by Crippen LogP contribution is 2.23. The lowest BCUT2D eigenvalue weighted by Gasteiger charge is -2.20. The molecule has 20 heavy (non-hydrogen) atoms. The Bertz CT molecular complexity index is 516. The summed E-state index contributed by atoms with van der Waals surface area (Å²) < 4.78 is 5.35. The van der Waals surface area contributed by atoms with Crippen molar-refractivity contribution in [2.24, 2.45) is 0 Å². The number of benzene rings is 1. The van der Waals surface area contributed by atoms with Crippen LogP contribution in [-0.4, -0.2) is 43.0 Å². The van der Waals surface area contributed by atoms with Gasteiger partial charge in [-0.2, -0.15) is 0 Å². The number of ether oxygens (including phenoxy) is 1. The van der Waals surface area contributed by atoms with Gasteiger partial charge >= 0.3 is 0 Å². The van der Waals surface area contributed by atoms with Gasteiger partial charge in [0.05, 0.1) is 12.3 Å². The van der Waals surface area contributed by atoms with Crippen molar-refractivity contribution in [2.45, 2.75) is 13.3 Å². The van der Waals surface area contributed by atoms with E-state index in [2.05, 4.69) is 5.32 Å². The molecule has 1 aromatic rings. The number of amides is 2. The number of hydrogen-bond acceptors (Lipinski definition) is 4. The summed E-state index contributed by atoms with van der Waals surface area (Å²) in [6.45, 7) is 3.82. The second-order valence-electron chi connectivity index (χ2n) is 4.58. The molecule has 1 aromatic carbocycles. The first-order valence-corrected chi connectivity index (χ1v) is 6.70. The molecular formula is C14H19N3O3. The zero-order valence-corrected chi connectivity index (χ0v) is 11.5. The lowest BCUT2D eigenvalue weighted by Crippen LogP contribution is -2.34. The van der Waals surface area contributed by atoms with E-state index in [1.165, 1.54) is 0 Å². The quantitative estimate of drug-likeness (QED) is 0.794. The van der Waals surface area contributed by atoms with Crippen LogP contribution in [0.4, 0.5) is 5.69 Å². The fourth-order valence-electron chi connectivity index (χ4n) is 2.12. The van der Waals surface area contributed by atoms with E-state index in [4.69, 9.17) is 10.5 Å². The maximum atomic E-state index is 12.4. The number of nitrogens with one attached hydrogen (secondary N) is 1. The summed E-state index contributed by atoms with van der Waals surface area (Å²) in [6, 6.07) is 5.02. The highest BCUT2D eigenvalue weighted by atomic mass is 16.5. The van der Waals surface area contributed by atoms with Crippen LogP contribution in [0.2, 0.25) is 0 Å². The molecule has 0 aromatic heterocycles. The maximum Gasteiger partial charge on any atom is 0.254 e. The number of carbonyl (C=O) groups excluding carboxylic acids is 2. The van der Waals surface area contributed by atoms with E-state index >= 15 is 0 Å². The van der Waals surface area contributed by atoms with Crippen molar-refractivity contribution in [3.05, 3.63) is 23.8 Å². The van der Waals surface area contributed by atoms with Gasteiger partial charge in [-0.1, -0.05) is 0 Å². The van der Waals surface area contributed by atoms with E-state index in [0.717, 1.165) is 0 Å². The van der Waals surface area contributed by atoms with Crippen LogP contribution in [0.3, 0.4) is 0 Å². The molecule has 2 rings (SSSR count). The number of carbonyl (C=O) groups is 2. The molecule has 2 amide bonds. The van der Waals surface area contributed by atoms with Crippen LogP contribution in [0.1, 0.15) is 23.7 Å². The van der Waals surface area contributed by atoms with Gasteiger partial charge in [-0.3, -0.25) is 9.59 Å². The standard InChI is InChI=1S/C14H19N3O3/c1-2-20-12-4-3-10(9-11(12)15)14(19)17-7-5-13(18)16-6-8-17/h3-4,9H,2,5-8,15H2,1H3,(H,16,18). The molecule has 0 saturated carbocycles. The highest BCUT2D eigenvalue weighted by molar-refractivity contribution is 5.96. The summed E-state index contributed by atoms with van der Waals surface area (Å²) in [6.07, 6.45) is 0.332. The third-order valence-corrected chi connectivity index (χ3v) is 3.16. The normalized spacial score (nSPS) is 15.4. The predicted octanol–water partition coefficient (Wildman–Crippen LogP) is 0.630. The topological polar surface area (TPSA) is 84.7 Å². The van der Waals surface area contributed by atoms with Crippen LogP contribution in [0.25, 0.3) is 0 Å². The molecule has 1 fully saturated rings. The fraction of sp³-hybridized carbons (Fsp3) is 0.429. The van der Waals surface area contributed by atoms with Crippen molar-refractivity contribution in [1.29, 1.82) is 0 Å². The molecule has 6 heteroatoms. The molecule has 0 spiro atoms. The molecule has 0 aliphatic carbocycles. The summed E-state index contributed by atoms with van der Waals surface area (Å²) in [5, 5.41) is 2.74. The third kappa shape index (κ3) is 3.20. The van der Waals surface area contributed by atoms with Crippen LogP contribution in [0.15, 0.2) is 18.2 Å². The summed E-state index contributed by atoms with van der Waals surface area (Å²) in [7, 11) is 0. The molecule has 1 aliphatic rings. The Morgan fingerprint density at radius 2 is 2.25 bits per heavy atom. The zero-order chi connectivity index (χ0) is 14.5. The van der Waals surface area contributed by atoms with Crippen molar-refractivity contribution in [3.8, 4) is 5.75 Å². The maximum absolute atomic E-state index is 12.4. The Hall–Kier alpha value is -2.24. The summed E-state index contributed by atoms with van der Waals surface area (Å²) >= 11 is 0. The van der Waals surface area contributed by atoms with Gasteiger partial charge in [0, 0.05) is 31.6 Å². The molecule has 1 saturated heterocycles. The average molecular weight is 277 g/mol. The van der Waals surface area contributed by atoms with E-state index in [0.29, 0.717) is 49.7 Å². The molecule has 6 nitrogen and oxygen atoms in total. The number of rotatable bonds is 3. The second kappa shape index (κ2) is 6.27. The van der Waals surface area contributed by atoms with Crippen LogP contribution in [-0.2, 0) is 4.79 Å². The smallest absolute Gasteiger partial charge is 0.254 e. The van der Waals surface area contributed by atoms with Crippen LogP contribution in [0.5, 0.6) is 5.75 Å².